The van der Waals surface area contributed by atoms with Crippen LogP contribution < -0.4 is 18.9 Å². The Morgan fingerprint density at radius 2 is 1.91 bits per heavy atom. The largest absolute Gasteiger partial charge is 0.481 e. The van der Waals surface area contributed by atoms with Crippen molar-refractivity contribution in [3.8, 4) is 17.6 Å². The highest BCUT2D eigenvalue weighted by Crippen LogP contribution is 2.31. The van der Waals surface area contributed by atoms with Gasteiger partial charge in [-0.3, -0.25) is 9.71 Å². The molecule has 0 bridgehead atoms. The monoisotopic (exact) mass is 490 g/mol. The third-order valence-electron chi connectivity index (χ3n) is 4.52. The van der Waals surface area contributed by atoms with Gasteiger partial charge in [-0.05, 0) is 36.4 Å². The van der Waals surface area contributed by atoms with Gasteiger partial charge in [-0.1, -0.05) is 11.6 Å². The second-order valence-electron chi connectivity index (χ2n) is 6.73. The first-order valence-corrected chi connectivity index (χ1v) is 11.4. The molecule has 0 saturated heterocycles. The molecule has 1 N–H and O–H groups in total. The van der Waals surface area contributed by atoms with E-state index in [1.54, 1.807) is 30.5 Å². The number of fused-ring (bicyclic) bond motifs is 1. The summed E-state index contributed by atoms with van der Waals surface area (Å²) in [6, 6.07) is 10.9. The van der Waals surface area contributed by atoms with Gasteiger partial charge in [-0.25, -0.2) is 8.42 Å². The van der Waals surface area contributed by atoms with Gasteiger partial charge in [0.05, 0.1) is 31.4 Å². The Balaban J connectivity index is 1.53. The van der Waals surface area contributed by atoms with E-state index in [1.807, 2.05) is 0 Å². The first kappa shape index (κ1) is 22.8. The molecular formula is C21H19ClN4O6S. The fourth-order valence-corrected chi connectivity index (χ4v) is 4.25. The van der Waals surface area contributed by atoms with E-state index in [0.717, 1.165) is 5.56 Å². The molecule has 3 aromatic rings. The van der Waals surface area contributed by atoms with Crippen molar-refractivity contribution >= 4 is 39.3 Å². The first-order chi connectivity index (χ1) is 15.9. The summed E-state index contributed by atoms with van der Waals surface area (Å²) in [4.78, 5) is 12.3. The molecule has 10 nitrogen and oxygen atoms in total. The molecule has 172 valence electrons. The topological polar surface area (TPSA) is 121 Å². The van der Waals surface area contributed by atoms with Gasteiger partial charge < -0.3 is 18.9 Å². The number of ether oxygens (including phenoxy) is 4. The third kappa shape index (κ3) is 5.33. The van der Waals surface area contributed by atoms with Crippen molar-refractivity contribution in [1.29, 1.82) is 0 Å². The number of aliphatic imine (C=N–C) groups is 1. The molecule has 12 heteroatoms. The minimum Gasteiger partial charge on any atom is -0.481 e. The van der Waals surface area contributed by atoms with Crippen LogP contribution in [0.2, 0.25) is 5.02 Å². The summed E-state index contributed by atoms with van der Waals surface area (Å²) in [5, 5.41) is 0.537. The van der Waals surface area contributed by atoms with Crippen LogP contribution in [0.4, 0.5) is 11.5 Å². The maximum absolute atomic E-state index is 12.8. The predicted octanol–water partition coefficient (Wildman–Crippen LogP) is 3.57. The predicted molar refractivity (Wildman–Crippen MR) is 121 cm³/mol. The maximum atomic E-state index is 12.8. The minimum atomic E-state index is -3.92. The van der Waals surface area contributed by atoms with Crippen LogP contribution in [0.1, 0.15) is 11.1 Å². The molecule has 2 aromatic carbocycles. The molecule has 0 radical (unpaired) electrons. The Morgan fingerprint density at radius 1 is 1.12 bits per heavy atom. The fourth-order valence-electron chi connectivity index (χ4n) is 3.01. The van der Waals surface area contributed by atoms with Crippen LogP contribution in [0.5, 0.6) is 17.6 Å². The summed E-state index contributed by atoms with van der Waals surface area (Å²) in [6.45, 7) is 0.555. The number of anilines is 1. The number of aromatic nitrogens is 2. The normalized spacial score (nSPS) is 13.3. The van der Waals surface area contributed by atoms with Crippen molar-refractivity contribution in [2.75, 3.05) is 25.7 Å². The number of halogens is 1. The molecule has 0 amide bonds. The highest BCUT2D eigenvalue weighted by atomic mass is 35.5. The van der Waals surface area contributed by atoms with Crippen molar-refractivity contribution in [3.63, 3.8) is 0 Å². The molecule has 0 atom stereocenters. The summed E-state index contributed by atoms with van der Waals surface area (Å²) >= 11 is 6.17. The van der Waals surface area contributed by atoms with E-state index in [4.69, 9.17) is 30.5 Å². The van der Waals surface area contributed by atoms with E-state index >= 15 is 0 Å². The number of sulfonamides is 1. The van der Waals surface area contributed by atoms with E-state index in [2.05, 4.69) is 19.7 Å². The average molecular weight is 491 g/mol. The number of nitrogens with one attached hydrogen (secondary N) is 1. The van der Waals surface area contributed by atoms with Crippen LogP contribution in [0.3, 0.4) is 0 Å². The zero-order chi connectivity index (χ0) is 23.4. The van der Waals surface area contributed by atoms with Gasteiger partial charge in [0.1, 0.15) is 5.75 Å². The zero-order valence-electron chi connectivity index (χ0n) is 17.6. The van der Waals surface area contributed by atoms with Gasteiger partial charge in [0.15, 0.2) is 12.6 Å². The van der Waals surface area contributed by atoms with Crippen molar-refractivity contribution in [2.24, 2.45) is 4.99 Å². The van der Waals surface area contributed by atoms with Gasteiger partial charge in [-0.15, -0.1) is 0 Å². The number of methoxy groups -OCH3 is 2. The van der Waals surface area contributed by atoms with Gasteiger partial charge in [-0.2, -0.15) is 9.97 Å². The molecule has 1 aliphatic rings. The van der Waals surface area contributed by atoms with Crippen molar-refractivity contribution in [3.05, 3.63) is 58.6 Å². The first-order valence-electron chi connectivity index (χ1n) is 9.55. The molecular weight excluding hydrogens is 472 g/mol. The lowest BCUT2D eigenvalue weighted by Crippen LogP contribution is -2.14. The molecule has 1 aromatic heterocycles. The van der Waals surface area contributed by atoms with Gasteiger partial charge in [0.2, 0.25) is 5.88 Å². The van der Waals surface area contributed by atoms with E-state index in [9.17, 15) is 8.42 Å². The van der Waals surface area contributed by atoms with Crippen LogP contribution in [0.25, 0.3) is 0 Å². The van der Waals surface area contributed by atoms with Crippen molar-refractivity contribution < 1.29 is 27.4 Å². The van der Waals surface area contributed by atoms with E-state index in [1.165, 1.54) is 32.4 Å². The average Bonchev–Trinajstić information content (AvgIpc) is 2.82. The molecule has 0 spiro atoms. The summed E-state index contributed by atoms with van der Waals surface area (Å²) in [5.41, 5.74) is 2.08. The SMILES string of the molecule is COc1cc(NS(=O)(=O)c2ccc(N=Cc3cc(Cl)cc4c3OCOC4)cc2)nc(OC)n1. The van der Waals surface area contributed by atoms with Gasteiger partial charge in [0, 0.05) is 28.4 Å². The van der Waals surface area contributed by atoms with Crippen LogP contribution in [0.15, 0.2) is 52.4 Å². The highest BCUT2D eigenvalue weighted by Gasteiger charge is 2.18. The van der Waals surface area contributed by atoms with Crippen molar-refractivity contribution in [1.82, 2.24) is 9.97 Å². The van der Waals surface area contributed by atoms with Crippen LogP contribution in [0, 0.1) is 0 Å². The molecule has 2 heterocycles. The number of benzene rings is 2. The van der Waals surface area contributed by atoms with E-state index < -0.39 is 10.0 Å². The Hall–Kier alpha value is -3.41. The lowest BCUT2D eigenvalue weighted by Gasteiger charge is -2.19. The van der Waals surface area contributed by atoms with Gasteiger partial charge in [0.25, 0.3) is 10.0 Å². The highest BCUT2D eigenvalue weighted by molar-refractivity contribution is 7.92. The smallest absolute Gasteiger partial charge is 0.321 e. The summed E-state index contributed by atoms with van der Waals surface area (Å²) in [7, 11) is -1.15. The fraction of sp³-hybridized carbons (Fsp3) is 0.190. The quantitative estimate of drug-likeness (QED) is 0.499. The molecule has 1 aliphatic heterocycles. The maximum Gasteiger partial charge on any atom is 0.321 e. The Bertz CT molecular complexity index is 1280. The van der Waals surface area contributed by atoms with Crippen LogP contribution >= 0.6 is 11.6 Å². The number of hydrogen-bond donors (Lipinski definition) is 1. The summed E-state index contributed by atoms with van der Waals surface area (Å²) < 4.78 is 48.7. The molecule has 4 rings (SSSR count). The second kappa shape index (κ2) is 9.61. The Labute approximate surface area is 195 Å². The van der Waals surface area contributed by atoms with Crippen molar-refractivity contribution in [2.45, 2.75) is 11.5 Å². The van der Waals surface area contributed by atoms with E-state index in [0.29, 0.717) is 28.6 Å². The lowest BCUT2D eigenvalue weighted by molar-refractivity contribution is -0.0164. The number of nitrogens with zero attached hydrogens (tertiary/aromatic N) is 3. The van der Waals surface area contributed by atoms with E-state index in [-0.39, 0.29) is 29.4 Å². The minimum absolute atomic E-state index is 0.00973. The van der Waals surface area contributed by atoms with Gasteiger partial charge >= 0.3 is 6.01 Å². The molecule has 0 aliphatic carbocycles. The van der Waals surface area contributed by atoms with Crippen LogP contribution in [-0.4, -0.2) is 45.6 Å². The third-order valence-corrected chi connectivity index (χ3v) is 6.10. The molecule has 33 heavy (non-hydrogen) atoms. The Morgan fingerprint density at radius 3 is 2.64 bits per heavy atom. The Kier molecular flexibility index (Phi) is 6.63. The van der Waals surface area contributed by atoms with Crippen LogP contribution in [-0.2, 0) is 21.4 Å². The molecule has 0 fully saturated rings. The number of rotatable bonds is 7. The lowest BCUT2D eigenvalue weighted by atomic mass is 10.1. The molecule has 0 unspecified atom stereocenters. The second-order valence-corrected chi connectivity index (χ2v) is 8.85. The number of hydrogen-bond acceptors (Lipinski definition) is 9. The summed E-state index contributed by atoms with van der Waals surface area (Å²) in [6.07, 6.45) is 1.61. The molecule has 0 saturated carbocycles. The zero-order valence-corrected chi connectivity index (χ0v) is 19.2. The standard InChI is InChI=1S/C21H19ClN4O6S/c1-29-19-9-18(24-21(25-19)30-2)26-33(27,28)17-5-3-16(4-6-17)23-10-13-7-15(22)8-14-11-31-12-32-20(13)14/h3-10H,11-12H2,1-2H3,(H,24,25,26). The summed E-state index contributed by atoms with van der Waals surface area (Å²) in [5.74, 6) is 0.826.